The molecule has 1 heterocycles. The molecule has 1 aromatic rings. The normalized spacial score (nSPS) is 16.4. The first-order valence-corrected chi connectivity index (χ1v) is 7.94. The average molecular weight is 395 g/mol. The minimum Gasteiger partial charge on any atom is -0.475 e. The Morgan fingerprint density at radius 1 is 1.20 bits per heavy atom. The second kappa shape index (κ2) is 8.13. The molecule has 1 aromatic carbocycles. The molecule has 142 valence electrons. The van der Waals surface area contributed by atoms with Gasteiger partial charge in [0.05, 0.1) is 16.6 Å². The molecule has 2 N–H and O–H groups in total. The fraction of sp³-hybridized carbons (Fsp3) is 0.462. The molecule has 1 atom stereocenters. The smallest absolute Gasteiger partial charge is 0.475 e. The van der Waals surface area contributed by atoms with Crippen LogP contribution in [0.4, 0.5) is 30.7 Å². The summed E-state index contributed by atoms with van der Waals surface area (Å²) < 4.78 is 95.1. The van der Waals surface area contributed by atoms with Crippen LogP contribution in [-0.2, 0) is 27.5 Å². The van der Waals surface area contributed by atoms with Crippen LogP contribution in [0.3, 0.4) is 0 Å². The van der Waals surface area contributed by atoms with E-state index in [1.54, 1.807) is 0 Å². The zero-order valence-corrected chi connectivity index (χ0v) is 13.1. The van der Waals surface area contributed by atoms with Crippen LogP contribution in [0.1, 0.15) is 11.1 Å². The number of alkyl halides is 6. The average Bonchev–Trinajstić information content (AvgIpc) is 2.37. The lowest BCUT2D eigenvalue weighted by Crippen LogP contribution is -2.49. The number of hydrogen-bond acceptors (Lipinski definition) is 3. The van der Waals surface area contributed by atoms with E-state index in [1.165, 1.54) is 0 Å². The van der Waals surface area contributed by atoms with Gasteiger partial charge in [-0.2, -0.15) is 26.3 Å². The first-order valence-electron chi connectivity index (χ1n) is 6.56. The summed E-state index contributed by atoms with van der Waals surface area (Å²) in [5.41, 5.74) is -1.54. The Kier molecular flexibility index (Phi) is 6.94. The Balaban J connectivity index is 0.000000381. The minimum absolute atomic E-state index is 0.189. The van der Waals surface area contributed by atoms with Crippen molar-refractivity contribution < 1.29 is 44.8 Å². The molecule has 0 saturated carbocycles. The van der Waals surface area contributed by atoms with E-state index in [0.29, 0.717) is 13.1 Å². The third-order valence-corrected chi connectivity index (χ3v) is 4.72. The van der Waals surface area contributed by atoms with E-state index >= 15 is 0 Å². The van der Waals surface area contributed by atoms with Gasteiger partial charge in [-0.15, -0.1) is 0 Å². The molecular weight excluding hydrogens is 383 g/mol. The Morgan fingerprint density at radius 2 is 1.72 bits per heavy atom. The lowest BCUT2D eigenvalue weighted by Gasteiger charge is -2.26. The summed E-state index contributed by atoms with van der Waals surface area (Å²) in [6.07, 6.45) is -9.71. The van der Waals surface area contributed by atoms with Gasteiger partial charge in [-0.3, -0.25) is 4.21 Å². The second-order valence-corrected chi connectivity index (χ2v) is 6.59. The van der Waals surface area contributed by atoms with Crippen LogP contribution >= 0.6 is 0 Å². The maximum absolute atomic E-state index is 13.5. The number of nitrogens with one attached hydrogen (secondary N) is 1. The SMILES string of the molecule is O=C(O)C(F)(F)F.O=S(Cc1c(F)cccc1C(F)(F)F)C1CNC1. The van der Waals surface area contributed by atoms with Crippen LogP contribution in [0.15, 0.2) is 18.2 Å². The summed E-state index contributed by atoms with van der Waals surface area (Å²) in [5.74, 6) is -4.11. The fourth-order valence-corrected chi connectivity index (χ4v) is 3.10. The summed E-state index contributed by atoms with van der Waals surface area (Å²) in [4.78, 5) is 8.90. The van der Waals surface area contributed by atoms with Crippen molar-refractivity contribution in [2.45, 2.75) is 23.4 Å². The monoisotopic (exact) mass is 395 g/mol. The van der Waals surface area contributed by atoms with Crippen LogP contribution in [-0.4, -0.2) is 39.8 Å². The maximum atomic E-state index is 13.5. The summed E-state index contributed by atoms with van der Waals surface area (Å²) in [6.45, 7) is 1.00. The quantitative estimate of drug-likeness (QED) is 0.773. The number of aliphatic carboxylic acids is 1. The number of hydrogen-bond donors (Lipinski definition) is 2. The number of carboxylic acids is 1. The molecule has 0 spiro atoms. The Labute approximate surface area is 139 Å². The molecule has 0 aromatic heterocycles. The molecule has 1 aliphatic heterocycles. The molecule has 0 radical (unpaired) electrons. The molecule has 12 heteroatoms. The van der Waals surface area contributed by atoms with E-state index in [-0.39, 0.29) is 5.25 Å². The largest absolute Gasteiger partial charge is 0.490 e. The van der Waals surface area contributed by atoms with Crippen molar-refractivity contribution in [2.75, 3.05) is 13.1 Å². The summed E-state index contributed by atoms with van der Waals surface area (Å²) in [5, 5.41) is 9.81. The first kappa shape index (κ1) is 21.4. The van der Waals surface area contributed by atoms with E-state index in [9.17, 15) is 34.9 Å². The van der Waals surface area contributed by atoms with Crippen molar-refractivity contribution in [3.05, 3.63) is 35.1 Å². The lowest BCUT2D eigenvalue weighted by molar-refractivity contribution is -0.192. The van der Waals surface area contributed by atoms with Gasteiger partial charge >= 0.3 is 18.3 Å². The van der Waals surface area contributed by atoms with E-state index in [0.717, 1.165) is 18.2 Å². The highest BCUT2D eigenvalue weighted by Gasteiger charge is 2.38. The van der Waals surface area contributed by atoms with Gasteiger partial charge in [-0.1, -0.05) is 6.07 Å². The van der Waals surface area contributed by atoms with E-state index in [1.807, 2.05) is 0 Å². The predicted octanol–water partition coefficient (Wildman–Crippen LogP) is 2.70. The molecule has 0 amide bonds. The van der Waals surface area contributed by atoms with Crippen molar-refractivity contribution in [3.8, 4) is 0 Å². The number of carbonyl (C=O) groups is 1. The van der Waals surface area contributed by atoms with Crippen molar-refractivity contribution >= 4 is 16.8 Å². The molecule has 25 heavy (non-hydrogen) atoms. The zero-order valence-electron chi connectivity index (χ0n) is 12.2. The number of benzene rings is 1. The molecule has 0 bridgehead atoms. The van der Waals surface area contributed by atoms with Crippen molar-refractivity contribution in [2.24, 2.45) is 0 Å². The molecule has 2 rings (SSSR count). The Hall–Kier alpha value is -1.69. The molecule has 1 fully saturated rings. The van der Waals surface area contributed by atoms with Gasteiger partial charge in [-0.25, -0.2) is 9.18 Å². The first-order chi connectivity index (χ1) is 11.3. The Morgan fingerprint density at radius 3 is 2.08 bits per heavy atom. The van der Waals surface area contributed by atoms with E-state index in [4.69, 9.17) is 9.90 Å². The van der Waals surface area contributed by atoms with Gasteiger partial charge in [-0.05, 0) is 12.1 Å². The summed E-state index contributed by atoms with van der Waals surface area (Å²) in [7, 11) is -1.49. The van der Waals surface area contributed by atoms with E-state index in [2.05, 4.69) is 5.32 Å². The van der Waals surface area contributed by atoms with Crippen molar-refractivity contribution in [3.63, 3.8) is 0 Å². The minimum atomic E-state index is -5.08. The predicted molar refractivity (Wildman–Crippen MR) is 73.6 cm³/mol. The summed E-state index contributed by atoms with van der Waals surface area (Å²) in [6, 6.07) is 2.78. The molecule has 1 aliphatic rings. The number of halogens is 7. The lowest BCUT2D eigenvalue weighted by atomic mass is 10.1. The van der Waals surface area contributed by atoms with Crippen molar-refractivity contribution in [1.82, 2.24) is 5.32 Å². The van der Waals surface area contributed by atoms with Gasteiger partial charge in [0.2, 0.25) is 0 Å². The number of rotatable bonds is 3. The summed E-state index contributed by atoms with van der Waals surface area (Å²) >= 11 is 0. The molecule has 4 nitrogen and oxygen atoms in total. The van der Waals surface area contributed by atoms with Gasteiger partial charge in [0.15, 0.2) is 0 Å². The highest BCUT2D eigenvalue weighted by Crippen LogP contribution is 2.34. The van der Waals surface area contributed by atoms with Crippen LogP contribution in [0, 0.1) is 5.82 Å². The third kappa shape index (κ3) is 6.27. The molecule has 1 saturated heterocycles. The van der Waals surface area contributed by atoms with Crippen LogP contribution < -0.4 is 5.32 Å². The van der Waals surface area contributed by atoms with Crippen LogP contribution in [0.2, 0.25) is 0 Å². The third-order valence-electron chi connectivity index (χ3n) is 3.07. The fourth-order valence-electron chi connectivity index (χ4n) is 1.68. The zero-order chi connectivity index (χ0) is 19.4. The topological polar surface area (TPSA) is 66.4 Å². The van der Waals surface area contributed by atoms with E-state index < -0.39 is 51.8 Å². The molecule has 0 aliphatic carbocycles. The maximum Gasteiger partial charge on any atom is 0.490 e. The highest BCUT2D eigenvalue weighted by atomic mass is 32.2. The Bertz CT molecular complexity index is 641. The van der Waals surface area contributed by atoms with Gasteiger partial charge < -0.3 is 10.4 Å². The standard InChI is InChI=1S/C11H11F4NOS.C2HF3O2/c12-10-3-1-2-9(11(13,14)15)8(10)6-18(17)7-4-16-5-7;3-2(4,5)1(6)7/h1-3,7,16H,4-6H2;(H,6,7). The van der Waals surface area contributed by atoms with Gasteiger partial charge in [0.1, 0.15) is 5.82 Å². The van der Waals surface area contributed by atoms with Gasteiger partial charge in [0, 0.05) is 29.5 Å². The number of carboxylic acid groups (broad SMARTS) is 1. The highest BCUT2D eigenvalue weighted by molar-refractivity contribution is 7.85. The second-order valence-electron chi connectivity index (χ2n) is 4.87. The molecular formula is C13H12F7NO3S. The van der Waals surface area contributed by atoms with Crippen LogP contribution in [0.5, 0.6) is 0 Å². The van der Waals surface area contributed by atoms with Crippen molar-refractivity contribution in [1.29, 1.82) is 0 Å². The van der Waals surface area contributed by atoms with Gasteiger partial charge in [0.25, 0.3) is 0 Å². The van der Waals surface area contributed by atoms with Crippen LogP contribution in [0.25, 0.3) is 0 Å². The molecule has 1 unspecified atom stereocenters.